The number of Topliss-reactive ketones (excluding diaryl/α,β-unsaturated/α-hetero) is 2. The highest BCUT2D eigenvalue weighted by molar-refractivity contribution is 9.10. The van der Waals surface area contributed by atoms with Gasteiger partial charge in [0, 0.05) is 15.6 Å². The van der Waals surface area contributed by atoms with Crippen LogP contribution >= 0.6 is 15.9 Å². The Balaban J connectivity index is 2.13. The van der Waals surface area contributed by atoms with Gasteiger partial charge in [-0.15, -0.1) is 0 Å². The minimum Gasteiger partial charge on any atom is -0.285 e. The number of ketones is 2. The second-order valence-corrected chi connectivity index (χ2v) is 5.23. The monoisotopic (exact) mass is 312 g/mol. The Morgan fingerprint density at radius 2 is 1.42 bits per heavy atom. The highest BCUT2D eigenvalue weighted by atomic mass is 79.9. The molecule has 3 heteroatoms. The maximum Gasteiger partial charge on any atom is 0.234 e. The van der Waals surface area contributed by atoms with Gasteiger partial charge in [0.2, 0.25) is 11.6 Å². The summed E-state index contributed by atoms with van der Waals surface area (Å²) in [5, 5.41) is 0. The maximum atomic E-state index is 12.0. The molecule has 2 aromatic rings. The first kappa shape index (κ1) is 12.1. The van der Waals surface area contributed by atoms with Crippen LogP contribution in [0, 0.1) is 0 Å². The average Bonchev–Trinajstić information content (AvgIpc) is 2.67. The molecule has 0 bridgehead atoms. The molecule has 2 aromatic carbocycles. The quantitative estimate of drug-likeness (QED) is 0.593. The zero-order chi connectivity index (χ0) is 13.4. The number of allylic oxidation sites excluding steroid dienone is 1. The summed E-state index contributed by atoms with van der Waals surface area (Å²) in [5.74, 6) is -0.844. The highest BCUT2D eigenvalue weighted by Crippen LogP contribution is 2.31. The molecule has 0 amide bonds. The SMILES string of the molecule is O=C1C(=O)c2ccccc2C1=Cc1ccc(Br)cc1. The average molecular weight is 313 g/mol. The van der Waals surface area contributed by atoms with Crippen LogP contribution in [0.1, 0.15) is 21.5 Å². The normalized spacial score (nSPS) is 15.9. The van der Waals surface area contributed by atoms with Crippen molar-refractivity contribution in [2.45, 2.75) is 0 Å². The van der Waals surface area contributed by atoms with E-state index in [2.05, 4.69) is 15.9 Å². The zero-order valence-electron chi connectivity index (χ0n) is 9.89. The summed E-state index contributed by atoms with van der Waals surface area (Å²) in [4.78, 5) is 23.9. The summed E-state index contributed by atoms with van der Waals surface area (Å²) in [6.45, 7) is 0. The number of hydrogen-bond donors (Lipinski definition) is 0. The van der Waals surface area contributed by atoms with Crippen LogP contribution < -0.4 is 0 Å². The molecular formula is C16H9BrO2. The predicted octanol–water partition coefficient (Wildman–Crippen LogP) is 3.76. The van der Waals surface area contributed by atoms with Crippen LogP contribution in [0.25, 0.3) is 11.6 Å². The van der Waals surface area contributed by atoms with E-state index in [0.717, 1.165) is 15.6 Å². The molecule has 1 aliphatic carbocycles. The van der Waals surface area contributed by atoms with Gasteiger partial charge in [0.15, 0.2) is 0 Å². The molecule has 0 aliphatic heterocycles. The van der Waals surface area contributed by atoms with Gasteiger partial charge in [-0.3, -0.25) is 9.59 Å². The lowest BCUT2D eigenvalue weighted by molar-refractivity contribution is -0.109. The minimum atomic E-state index is -0.427. The number of halogens is 1. The fourth-order valence-corrected chi connectivity index (χ4v) is 2.42. The van der Waals surface area contributed by atoms with E-state index >= 15 is 0 Å². The minimum absolute atomic E-state index is 0.418. The second-order valence-electron chi connectivity index (χ2n) is 4.31. The number of rotatable bonds is 1. The first-order chi connectivity index (χ1) is 9.16. The van der Waals surface area contributed by atoms with Crippen LogP contribution in [0.2, 0.25) is 0 Å². The lowest BCUT2D eigenvalue weighted by Crippen LogP contribution is -2.05. The Morgan fingerprint density at radius 1 is 0.789 bits per heavy atom. The van der Waals surface area contributed by atoms with Crippen LogP contribution in [0.5, 0.6) is 0 Å². The van der Waals surface area contributed by atoms with Crippen molar-refractivity contribution < 1.29 is 9.59 Å². The topological polar surface area (TPSA) is 34.1 Å². The molecule has 0 heterocycles. The van der Waals surface area contributed by atoms with Crippen molar-refractivity contribution in [1.29, 1.82) is 0 Å². The van der Waals surface area contributed by atoms with Crippen LogP contribution in [-0.2, 0) is 4.79 Å². The van der Waals surface area contributed by atoms with Crippen molar-refractivity contribution >= 4 is 39.1 Å². The molecule has 0 N–H and O–H groups in total. The van der Waals surface area contributed by atoms with Crippen molar-refractivity contribution in [2.75, 3.05) is 0 Å². The Hall–Kier alpha value is -2.00. The van der Waals surface area contributed by atoms with Crippen LogP contribution in [0.4, 0.5) is 0 Å². The van der Waals surface area contributed by atoms with Crippen molar-refractivity contribution in [2.24, 2.45) is 0 Å². The Labute approximate surface area is 118 Å². The lowest BCUT2D eigenvalue weighted by Gasteiger charge is -1.99. The van der Waals surface area contributed by atoms with E-state index in [0.29, 0.717) is 11.1 Å². The predicted molar refractivity (Wildman–Crippen MR) is 77.8 cm³/mol. The molecule has 19 heavy (non-hydrogen) atoms. The molecule has 0 saturated heterocycles. The molecule has 0 atom stereocenters. The standard InChI is InChI=1S/C16H9BrO2/c17-11-7-5-10(6-8-11)9-14-12-3-1-2-4-13(12)15(18)16(14)19/h1-9H. The second kappa shape index (κ2) is 4.59. The maximum absolute atomic E-state index is 12.0. The molecule has 0 radical (unpaired) electrons. The van der Waals surface area contributed by atoms with E-state index in [1.807, 2.05) is 36.4 Å². The molecule has 0 unspecified atom stereocenters. The van der Waals surface area contributed by atoms with Crippen molar-refractivity contribution in [3.63, 3.8) is 0 Å². The molecule has 1 aliphatic rings. The molecule has 2 nitrogen and oxygen atoms in total. The number of benzene rings is 2. The third kappa shape index (κ3) is 2.06. The summed E-state index contributed by atoms with van der Waals surface area (Å²) >= 11 is 3.36. The van der Waals surface area contributed by atoms with Crippen LogP contribution in [0.3, 0.4) is 0 Å². The summed E-state index contributed by atoms with van der Waals surface area (Å²) < 4.78 is 0.976. The highest BCUT2D eigenvalue weighted by Gasteiger charge is 2.32. The fourth-order valence-electron chi connectivity index (χ4n) is 2.15. The van der Waals surface area contributed by atoms with Gasteiger partial charge in [-0.1, -0.05) is 52.3 Å². The Kier molecular flexibility index (Phi) is 2.91. The van der Waals surface area contributed by atoms with Crippen molar-refractivity contribution in [3.05, 3.63) is 69.7 Å². The van der Waals surface area contributed by atoms with Gasteiger partial charge < -0.3 is 0 Å². The van der Waals surface area contributed by atoms with Crippen LogP contribution in [-0.4, -0.2) is 11.6 Å². The first-order valence-electron chi connectivity index (χ1n) is 5.82. The lowest BCUT2D eigenvalue weighted by atomic mass is 10.0. The Bertz CT molecular complexity index is 712. The largest absolute Gasteiger partial charge is 0.285 e. The van der Waals surface area contributed by atoms with Gasteiger partial charge in [0.25, 0.3) is 0 Å². The number of carbonyl (C=O) groups is 2. The van der Waals surface area contributed by atoms with E-state index in [1.165, 1.54) is 0 Å². The molecule has 92 valence electrons. The zero-order valence-corrected chi connectivity index (χ0v) is 11.5. The summed E-state index contributed by atoms with van der Waals surface area (Å²) in [6.07, 6.45) is 1.76. The first-order valence-corrected chi connectivity index (χ1v) is 6.62. The number of fused-ring (bicyclic) bond motifs is 1. The van der Waals surface area contributed by atoms with E-state index in [9.17, 15) is 9.59 Å². The third-order valence-electron chi connectivity index (χ3n) is 3.09. The van der Waals surface area contributed by atoms with Crippen LogP contribution in [0.15, 0.2) is 53.0 Å². The molecule has 3 rings (SSSR count). The van der Waals surface area contributed by atoms with E-state index in [1.54, 1.807) is 18.2 Å². The van der Waals surface area contributed by atoms with Crippen molar-refractivity contribution in [1.82, 2.24) is 0 Å². The molecule has 0 saturated carbocycles. The van der Waals surface area contributed by atoms with Gasteiger partial charge in [0.05, 0.1) is 0 Å². The smallest absolute Gasteiger partial charge is 0.234 e. The van der Waals surface area contributed by atoms with Gasteiger partial charge in [-0.2, -0.15) is 0 Å². The summed E-state index contributed by atoms with van der Waals surface area (Å²) in [7, 11) is 0. The fraction of sp³-hybridized carbons (Fsp3) is 0. The molecular weight excluding hydrogens is 304 g/mol. The van der Waals surface area contributed by atoms with E-state index in [-0.39, 0.29) is 0 Å². The van der Waals surface area contributed by atoms with E-state index in [4.69, 9.17) is 0 Å². The molecule has 0 spiro atoms. The van der Waals surface area contributed by atoms with E-state index < -0.39 is 11.6 Å². The van der Waals surface area contributed by atoms with Gasteiger partial charge in [-0.25, -0.2) is 0 Å². The van der Waals surface area contributed by atoms with Gasteiger partial charge in [-0.05, 0) is 29.3 Å². The van der Waals surface area contributed by atoms with Gasteiger partial charge in [0.1, 0.15) is 0 Å². The third-order valence-corrected chi connectivity index (χ3v) is 3.62. The molecule has 0 aromatic heterocycles. The number of carbonyl (C=O) groups excluding carboxylic acids is 2. The summed E-state index contributed by atoms with van der Waals surface area (Å²) in [5.41, 5.74) is 2.59. The van der Waals surface area contributed by atoms with Crippen molar-refractivity contribution in [3.8, 4) is 0 Å². The molecule has 0 fully saturated rings. The van der Waals surface area contributed by atoms with Gasteiger partial charge >= 0.3 is 0 Å². The number of hydrogen-bond acceptors (Lipinski definition) is 2. The Morgan fingerprint density at radius 3 is 2.11 bits per heavy atom. The summed E-state index contributed by atoms with van der Waals surface area (Å²) in [6, 6.07) is 14.7.